The summed E-state index contributed by atoms with van der Waals surface area (Å²) in [7, 11) is 0. The Morgan fingerprint density at radius 1 is 1.38 bits per heavy atom. The van der Waals surface area contributed by atoms with E-state index in [1.54, 1.807) is 4.90 Å². The third-order valence-corrected chi connectivity index (χ3v) is 4.34. The number of nitrogens with one attached hydrogen (secondary N) is 1. The Morgan fingerprint density at radius 2 is 2.05 bits per heavy atom. The SMILES string of the molecule is CC(C)N1CCN(C(=O)NCc2nc(C(=O)O)cs2)CC1. The second-order valence-electron chi connectivity index (χ2n) is 5.21. The molecule has 116 valence electrons. The molecule has 0 radical (unpaired) electrons. The van der Waals surface area contributed by atoms with Crippen LogP contribution >= 0.6 is 11.3 Å². The van der Waals surface area contributed by atoms with Gasteiger partial charge in [0.1, 0.15) is 5.01 Å². The van der Waals surface area contributed by atoms with E-state index in [0.29, 0.717) is 24.1 Å². The normalized spacial score (nSPS) is 16.2. The van der Waals surface area contributed by atoms with E-state index in [2.05, 4.69) is 29.0 Å². The Balaban J connectivity index is 1.78. The highest BCUT2D eigenvalue weighted by Gasteiger charge is 2.22. The summed E-state index contributed by atoms with van der Waals surface area (Å²) in [5.74, 6) is -1.05. The van der Waals surface area contributed by atoms with Crippen molar-refractivity contribution in [2.75, 3.05) is 26.2 Å². The lowest BCUT2D eigenvalue weighted by atomic mass is 10.2. The minimum absolute atomic E-state index is 0.0230. The van der Waals surface area contributed by atoms with Crippen LogP contribution in [-0.2, 0) is 6.54 Å². The maximum atomic E-state index is 12.0. The molecule has 0 saturated carbocycles. The first kappa shape index (κ1) is 15.7. The fraction of sp³-hybridized carbons (Fsp3) is 0.615. The number of hydrogen-bond donors (Lipinski definition) is 2. The molecule has 0 bridgehead atoms. The van der Waals surface area contributed by atoms with Crippen molar-refractivity contribution >= 4 is 23.3 Å². The van der Waals surface area contributed by atoms with Crippen LogP contribution in [0.3, 0.4) is 0 Å². The van der Waals surface area contributed by atoms with E-state index in [4.69, 9.17) is 5.11 Å². The lowest BCUT2D eigenvalue weighted by Gasteiger charge is -2.36. The van der Waals surface area contributed by atoms with Gasteiger partial charge in [0, 0.05) is 37.6 Å². The predicted molar refractivity (Wildman–Crippen MR) is 79.6 cm³/mol. The number of carboxylic acid groups (broad SMARTS) is 1. The molecule has 2 amide bonds. The number of carboxylic acids is 1. The summed E-state index contributed by atoms with van der Waals surface area (Å²) in [6.07, 6.45) is 0. The first-order valence-corrected chi connectivity index (χ1v) is 7.80. The molecule has 1 aliphatic heterocycles. The zero-order valence-corrected chi connectivity index (χ0v) is 13.0. The molecule has 0 atom stereocenters. The molecule has 2 rings (SSSR count). The molecular weight excluding hydrogens is 292 g/mol. The number of carbonyl (C=O) groups is 2. The van der Waals surface area contributed by atoms with Gasteiger partial charge in [-0.3, -0.25) is 4.90 Å². The van der Waals surface area contributed by atoms with Gasteiger partial charge in [-0.2, -0.15) is 0 Å². The largest absolute Gasteiger partial charge is 0.476 e. The Hall–Kier alpha value is -1.67. The van der Waals surface area contributed by atoms with Crippen molar-refractivity contribution in [2.24, 2.45) is 0 Å². The van der Waals surface area contributed by atoms with Crippen LogP contribution in [0.15, 0.2) is 5.38 Å². The van der Waals surface area contributed by atoms with Crippen LogP contribution in [0.5, 0.6) is 0 Å². The molecule has 21 heavy (non-hydrogen) atoms. The quantitative estimate of drug-likeness (QED) is 0.869. The van der Waals surface area contributed by atoms with E-state index < -0.39 is 5.97 Å². The lowest BCUT2D eigenvalue weighted by Crippen LogP contribution is -2.53. The Morgan fingerprint density at radius 3 is 2.57 bits per heavy atom. The molecule has 1 aromatic heterocycles. The number of hydrogen-bond acceptors (Lipinski definition) is 5. The molecule has 1 saturated heterocycles. The summed E-state index contributed by atoms with van der Waals surface area (Å²) >= 11 is 1.24. The predicted octanol–water partition coefficient (Wildman–Crippen LogP) is 1.08. The van der Waals surface area contributed by atoms with Crippen LogP contribution in [0, 0.1) is 0 Å². The average Bonchev–Trinajstić information content (AvgIpc) is 2.94. The Labute approximate surface area is 127 Å². The van der Waals surface area contributed by atoms with Crippen molar-refractivity contribution < 1.29 is 14.7 Å². The third kappa shape index (κ3) is 4.15. The molecule has 1 aliphatic rings. The van der Waals surface area contributed by atoms with Crippen molar-refractivity contribution in [3.8, 4) is 0 Å². The molecule has 1 fully saturated rings. The molecule has 2 N–H and O–H groups in total. The van der Waals surface area contributed by atoms with Gasteiger partial charge in [-0.05, 0) is 13.8 Å². The van der Waals surface area contributed by atoms with E-state index >= 15 is 0 Å². The first-order valence-electron chi connectivity index (χ1n) is 6.92. The van der Waals surface area contributed by atoms with Gasteiger partial charge >= 0.3 is 12.0 Å². The molecule has 0 spiro atoms. The van der Waals surface area contributed by atoms with Crippen molar-refractivity contribution in [3.63, 3.8) is 0 Å². The van der Waals surface area contributed by atoms with Gasteiger partial charge < -0.3 is 15.3 Å². The van der Waals surface area contributed by atoms with Crippen LogP contribution < -0.4 is 5.32 Å². The summed E-state index contributed by atoms with van der Waals surface area (Å²) in [6.45, 7) is 7.75. The van der Waals surface area contributed by atoms with E-state index in [-0.39, 0.29) is 18.3 Å². The number of thiazole rings is 1. The summed E-state index contributed by atoms with van der Waals surface area (Å²) < 4.78 is 0. The van der Waals surface area contributed by atoms with Crippen LogP contribution in [0.1, 0.15) is 29.3 Å². The first-order chi connectivity index (χ1) is 9.97. The Bertz CT molecular complexity index is 509. The second-order valence-corrected chi connectivity index (χ2v) is 6.15. The summed E-state index contributed by atoms with van der Waals surface area (Å²) in [4.78, 5) is 30.8. The number of nitrogens with zero attached hydrogens (tertiary/aromatic N) is 3. The van der Waals surface area contributed by atoms with Gasteiger partial charge in [-0.25, -0.2) is 14.6 Å². The van der Waals surface area contributed by atoms with Gasteiger partial charge in [0.05, 0.1) is 6.54 Å². The fourth-order valence-electron chi connectivity index (χ4n) is 2.19. The summed E-state index contributed by atoms with van der Waals surface area (Å²) in [6, 6.07) is 0.380. The molecule has 7 nitrogen and oxygen atoms in total. The van der Waals surface area contributed by atoms with Crippen LogP contribution in [-0.4, -0.2) is 64.1 Å². The topological polar surface area (TPSA) is 85.8 Å². The number of rotatable bonds is 4. The van der Waals surface area contributed by atoms with E-state index in [0.717, 1.165) is 13.1 Å². The van der Waals surface area contributed by atoms with Gasteiger partial charge in [-0.1, -0.05) is 0 Å². The van der Waals surface area contributed by atoms with E-state index in [1.165, 1.54) is 16.7 Å². The highest BCUT2D eigenvalue weighted by atomic mass is 32.1. The zero-order chi connectivity index (χ0) is 15.4. The minimum atomic E-state index is -1.05. The van der Waals surface area contributed by atoms with Gasteiger partial charge in [0.25, 0.3) is 0 Å². The fourth-order valence-corrected chi connectivity index (χ4v) is 2.90. The van der Waals surface area contributed by atoms with Crippen molar-refractivity contribution in [1.82, 2.24) is 20.1 Å². The highest BCUT2D eigenvalue weighted by molar-refractivity contribution is 7.09. The standard InChI is InChI=1S/C13H20N4O3S/c1-9(2)16-3-5-17(6-4-16)13(20)14-7-11-15-10(8-21-11)12(18)19/h8-9H,3-7H2,1-2H3,(H,14,20)(H,18,19). The minimum Gasteiger partial charge on any atom is -0.476 e. The Kier molecular flexibility index (Phi) is 5.13. The van der Waals surface area contributed by atoms with E-state index in [1.807, 2.05) is 0 Å². The monoisotopic (exact) mass is 312 g/mol. The van der Waals surface area contributed by atoms with Crippen LogP contribution in [0.25, 0.3) is 0 Å². The molecule has 1 aromatic rings. The van der Waals surface area contributed by atoms with Gasteiger partial charge in [-0.15, -0.1) is 11.3 Å². The number of aromatic nitrogens is 1. The van der Waals surface area contributed by atoms with Gasteiger partial charge in [0.2, 0.25) is 0 Å². The average molecular weight is 312 g/mol. The molecule has 0 unspecified atom stereocenters. The van der Waals surface area contributed by atoms with Crippen LogP contribution in [0.2, 0.25) is 0 Å². The molecule has 0 aromatic carbocycles. The van der Waals surface area contributed by atoms with E-state index in [9.17, 15) is 9.59 Å². The zero-order valence-electron chi connectivity index (χ0n) is 12.2. The highest BCUT2D eigenvalue weighted by Crippen LogP contribution is 2.10. The lowest BCUT2D eigenvalue weighted by molar-refractivity contribution is 0.0691. The smallest absolute Gasteiger partial charge is 0.355 e. The maximum absolute atomic E-state index is 12.0. The summed E-state index contributed by atoms with van der Waals surface area (Å²) in [5, 5.41) is 13.7. The van der Waals surface area contributed by atoms with Crippen molar-refractivity contribution in [1.29, 1.82) is 0 Å². The van der Waals surface area contributed by atoms with Gasteiger partial charge in [0.15, 0.2) is 5.69 Å². The number of carbonyl (C=O) groups excluding carboxylic acids is 1. The summed E-state index contributed by atoms with van der Waals surface area (Å²) in [5.41, 5.74) is 0.0230. The second kappa shape index (κ2) is 6.86. The number of aromatic carboxylic acids is 1. The third-order valence-electron chi connectivity index (χ3n) is 3.49. The van der Waals surface area contributed by atoms with Crippen molar-refractivity contribution in [2.45, 2.75) is 26.4 Å². The van der Waals surface area contributed by atoms with Crippen molar-refractivity contribution in [3.05, 3.63) is 16.1 Å². The molecule has 8 heteroatoms. The number of piperazine rings is 1. The number of amides is 2. The number of urea groups is 1. The molecule has 0 aliphatic carbocycles. The van der Waals surface area contributed by atoms with Crippen LogP contribution in [0.4, 0.5) is 4.79 Å². The maximum Gasteiger partial charge on any atom is 0.355 e. The molecule has 2 heterocycles. The molecular formula is C13H20N4O3S.